The van der Waals surface area contributed by atoms with E-state index in [0.717, 1.165) is 105 Å². The fourth-order valence-corrected chi connectivity index (χ4v) is 9.69. The summed E-state index contributed by atoms with van der Waals surface area (Å²) in [4.78, 5) is 10.4. The summed E-state index contributed by atoms with van der Waals surface area (Å²) < 4.78 is 11.3. The molecular weight excluding hydrogens is 769 g/mol. The Hall–Kier alpha value is -8.54. The second kappa shape index (κ2) is 14.0. The first-order valence-electron chi connectivity index (χ1n) is 21.3. The average Bonchev–Trinajstić information content (AvgIpc) is 4.02. The SMILES string of the molecule is c1ccc(-c2cc(-n3c4ccccc4c4cc(-c5ccc6c(c5)c5ccccc5n6-c5cccc6c5oc5ccccc56)c(-c5ccccc5)cc43)nc(-c3ccccc3)n2)cc1. The second-order valence-electron chi connectivity index (χ2n) is 16.1. The third kappa shape index (κ3) is 5.57. The summed E-state index contributed by atoms with van der Waals surface area (Å²) in [5.41, 5.74) is 14.7. The predicted octanol–water partition coefficient (Wildman–Crippen LogP) is 15.2. The molecule has 0 atom stereocenters. The minimum atomic E-state index is 0.682. The number of benzene rings is 9. The molecule has 0 amide bonds. The van der Waals surface area contributed by atoms with Crippen LogP contribution in [0, 0.1) is 0 Å². The van der Waals surface area contributed by atoms with Gasteiger partial charge in [-0.15, -0.1) is 0 Å². The zero-order valence-electron chi connectivity index (χ0n) is 34.0. The molecule has 294 valence electrons. The Labute approximate surface area is 362 Å². The molecule has 9 aromatic carbocycles. The van der Waals surface area contributed by atoms with Gasteiger partial charge in [0, 0.05) is 49.5 Å². The van der Waals surface area contributed by atoms with Crippen LogP contribution >= 0.6 is 0 Å². The van der Waals surface area contributed by atoms with E-state index in [-0.39, 0.29) is 0 Å². The molecule has 13 aromatic rings. The van der Waals surface area contributed by atoms with Crippen LogP contribution in [0.2, 0.25) is 0 Å². The van der Waals surface area contributed by atoms with Gasteiger partial charge in [-0.25, -0.2) is 9.97 Å². The lowest BCUT2D eigenvalue weighted by Crippen LogP contribution is -2.02. The summed E-state index contributed by atoms with van der Waals surface area (Å²) in [6.45, 7) is 0. The van der Waals surface area contributed by atoms with E-state index < -0.39 is 0 Å². The monoisotopic (exact) mass is 804 g/mol. The van der Waals surface area contributed by atoms with Gasteiger partial charge >= 0.3 is 0 Å². The topological polar surface area (TPSA) is 48.8 Å². The lowest BCUT2D eigenvalue weighted by molar-refractivity contribution is 0.666. The van der Waals surface area contributed by atoms with E-state index in [9.17, 15) is 0 Å². The minimum Gasteiger partial charge on any atom is -0.454 e. The zero-order chi connectivity index (χ0) is 41.4. The second-order valence-corrected chi connectivity index (χ2v) is 16.1. The molecule has 0 bridgehead atoms. The average molecular weight is 805 g/mol. The van der Waals surface area contributed by atoms with Gasteiger partial charge in [-0.1, -0.05) is 164 Å². The summed E-state index contributed by atoms with van der Waals surface area (Å²) >= 11 is 0. The van der Waals surface area contributed by atoms with E-state index in [0.29, 0.717) is 5.82 Å². The summed E-state index contributed by atoms with van der Waals surface area (Å²) in [5, 5.41) is 6.91. The molecule has 0 N–H and O–H groups in total. The van der Waals surface area contributed by atoms with Crippen LogP contribution in [0.5, 0.6) is 0 Å². The highest BCUT2D eigenvalue weighted by molar-refractivity contribution is 6.15. The Morgan fingerprint density at radius 3 is 1.65 bits per heavy atom. The van der Waals surface area contributed by atoms with Crippen LogP contribution < -0.4 is 0 Å². The fourth-order valence-electron chi connectivity index (χ4n) is 9.69. The minimum absolute atomic E-state index is 0.682. The van der Waals surface area contributed by atoms with Gasteiger partial charge in [0.1, 0.15) is 11.4 Å². The smallest absolute Gasteiger partial charge is 0.162 e. The van der Waals surface area contributed by atoms with E-state index in [1.807, 2.05) is 36.4 Å². The molecule has 0 spiro atoms. The molecule has 0 aliphatic rings. The molecule has 4 aromatic heterocycles. The van der Waals surface area contributed by atoms with Crippen molar-refractivity contribution in [3.63, 3.8) is 0 Å². The van der Waals surface area contributed by atoms with Gasteiger partial charge in [0.05, 0.1) is 33.4 Å². The molecule has 13 rings (SSSR count). The Bertz CT molecular complexity index is 3840. The molecule has 63 heavy (non-hydrogen) atoms. The van der Waals surface area contributed by atoms with E-state index in [1.165, 1.54) is 10.8 Å². The lowest BCUT2D eigenvalue weighted by atomic mass is 9.92. The van der Waals surface area contributed by atoms with Crippen molar-refractivity contribution in [2.45, 2.75) is 0 Å². The number of rotatable bonds is 6. The Morgan fingerprint density at radius 1 is 0.333 bits per heavy atom. The van der Waals surface area contributed by atoms with Crippen molar-refractivity contribution in [3.05, 3.63) is 218 Å². The molecule has 0 radical (unpaired) electrons. The summed E-state index contributed by atoms with van der Waals surface area (Å²) in [6.07, 6.45) is 0. The number of aromatic nitrogens is 4. The number of para-hydroxylation sites is 4. The molecule has 0 aliphatic heterocycles. The first-order chi connectivity index (χ1) is 31.2. The van der Waals surface area contributed by atoms with E-state index in [4.69, 9.17) is 14.4 Å². The van der Waals surface area contributed by atoms with Crippen LogP contribution in [0.3, 0.4) is 0 Å². The van der Waals surface area contributed by atoms with E-state index >= 15 is 0 Å². The molecular formula is C58H36N4O. The molecule has 5 nitrogen and oxygen atoms in total. The van der Waals surface area contributed by atoms with Gasteiger partial charge in [0.2, 0.25) is 0 Å². The summed E-state index contributed by atoms with van der Waals surface area (Å²) in [6, 6.07) is 77.4. The Kier molecular flexibility index (Phi) is 7.84. The third-order valence-corrected chi connectivity index (χ3v) is 12.5. The van der Waals surface area contributed by atoms with Crippen LogP contribution in [0.15, 0.2) is 223 Å². The Balaban J connectivity index is 1.07. The first-order valence-corrected chi connectivity index (χ1v) is 21.3. The summed E-state index contributed by atoms with van der Waals surface area (Å²) in [5.74, 6) is 1.50. The molecule has 4 heterocycles. The fraction of sp³-hybridized carbons (Fsp3) is 0. The largest absolute Gasteiger partial charge is 0.454 e. The van der Waals surface area contributed by atoms with Gasteiger partial charge < -0.3 is 8.98 Å². The molecule has 0 aliphatic carbocycles. The quantitative estimate of drug-likeness (QED) is 0.168. The number of furan rings is 1. The van der Waals surface area contributed by atoms with Crippen LogP contribution in [-0.4, -0.2) is 19.1 Å². The van der Waals surface area contributed by atoms with Crippen molar-refractivity contribution >= 4 is 65.6 Å². The van der Waals surface area contributed by atoms with Gasteiger partial charge in [-0.2, -0.15) is 0 Å². The molecule has 0 saturated carbocycles. The van der Waals surface area contributed by atoms with Crippen LogP contribution in [0.25, 0.3) is 122 Å². The number of nitrogens with zero attached hydrogens (tertiary/aromatic N) is 4. The maximum Gasteiger partial charge on any atom is 0.162 e. The number of fused-ring (bicyclic) bond motifs is 9. The van der Waals surface area contributed by atoms with Gasteiger partial charge in [-0.3, -0.25) is 4.57 Å². The highest BCUT2D eigenvalue weighted by Gasteiger charge is 2.22. The highest BCUT2D eigenvalue weighted by Crippen LogP contribution is 2.44. The highest BCUT2D eigenvalue weighted by atomic mass is 16.3. The maximum atomic E-state index is 6.60. The van der Waals surface area contributed by atoms with Crippen LogP contribution in [0.4, 0.5) is 0 Å². The van der Waals surface area contributed by atoms with Crippen molar-refractivity contribution in [2.75, 3.05) is 0 Å². The Morgan fingerprint density at radius 2 is 0.905 bits per heavy atom. The van der Waals surface area contributed by atoms with Crippen molar-refractivity contribution in [2.24, 2.45) is 0 Å². The maximum absolute atomic E-state index is 6.60. The molecule has 0 saturated heterocycles. The zero-order valence-corrected chi connectivity index (χ0v) is 34.0. The molecule has 5 heteroatoms. The first kappa shape index (κ1) is 35.2. The standard InChI is InChI=1S/C58H36N4O/c1-4-17-37(18-5-1)46-35-54-48(42-24-11-14-28-51(42)62(54)56-36-49(38-19-6-2-7-20-38)59-58(60-56)39-21-8-3-9-22-39)34-45(46)40-31-32-52-47(33-40)41-23-10-13-27-50(41)61(52)53-29-16-26-44-43-25-12-15-30-55(43)63-57(44)53/h1-36H. The third-order valence-electron chi connectivity index (χ3n) is 12.5. The van der Waals surface area contributed by atoms with Gasteiger partial charge in [0.25, 0.3) is 0 Å². The summed E-state index contributed by atoms with van der Waals surface area (Å²) in [7, 11) is 0. The predicted molar refractivity (Wildman–Crippen MR) is 260 cm³/mol. The van der Waals surface area contributed by atoms with Gasteiger partial charge in [-0.05, 0) is 70.8 Å². The lowest BCUT2D eigenvalue weighted by Gasteiger charge is -2.15. The van der Waals surface area contributed by atoms with E-state index in [2.05, 4.69) is 191 Å². The van der Waals surface area contributed by atoms with E-state index in [1.54, 1.807) is 0 Å². The van der Waals surface area contributed by atoms with Crippen molar-refractivity contribution in [3.8, 4) is 56.4 Å². The van der Waals surface area contributed by atoms with Crippen LogP contribution in [0.1, 0.15) is 0 Å². The number of hydrogen-bond acceptors (Lipinski definition) is 3. The van der Waals surface area contributed by atoms with Crippen molar-refractivity contribution in [1.82, 2.24) is 19.1 Å². The number of hydrogen-bond donors (Lipinski definition) is 0. The van der Waals surface area contributed by atoms with Crippen LogP contribution in [-0.2, 0) is 0 Å². The van der Waals surface area contributed by atoms with Crippen molar-refractivity contribution in [1.29, 1.82) is 0 Å². The van der Waals surface area contributed by atoms with Crippen molar-refractivity contribution < 1.29 is 4.42 Å². The normalized spacial score (nSPS) is 11.8. The molecule has 0 unspecified atom stereocenters. The molecule has 0 fully saturated rings. The van der Waals surface area contributed by atoms with Gasteiger partial charge in [0.15, 0.2) is 11.4 Å².